The number of carbonyl (C=O) groups excluding carboxylic acids is 1. The van der Waals surface area contributed by atoms with Crippen molar-refractivity contribution in [3.8, 4) is 0 Å². The van der Waals surface area contributed by atoms with Gasteiger partial charge in [-0.3, -0.25) is 4.79 Å². The van der Waals surface area contributed by atoms with Crippen molar-refractivity contribution >= 4 is 5.91 Å². The van der Waals surface area contributed by atoms with Gasteiger partial charge in [0.05, 0.1) is 13.2 Å². The quantitative estimate of drug-likeness (QED) is 0.424. The number of alkyl halides is 13. The van der Waals surface area contributed by atoms with Gasteiger partial charge in [0.1, 0.15) is 5.54 Å². The molecular formula is C11H9F14NO3. The van der Waals surface area contributed by atoms with E-state index in [0.29, 0.717) is 0 Å². The van der Waals surface area contributed by atoms with Crippen molar-refractivity contribution in [2.45, 2.75) is 48.3 Å². The first kappa shape index (κ1) is 27.4. The molecular weight excluding hydrogens is 460 g/mol. The number of amides is 1. The van der Waals surface area contributed by atoms with Crippen LogP contribution in [0.4, 0.5) is 61.6 Å². The highest BCUT2D eigenvalue weighted by atomic mass is 19.4. The molecule has 0 spiro atoms. The predicted octanol–water partition coefficient (Wildman–Crippen LogP) is 3.18. The SMILES string of the molecule is CC(CO)(CO)N(F)C(=O)C(F)(F)C(F)(F)C(F)(F)C(F)(F)C(F)(F)C(F)(F)F. The minimum Gasteiger partial charge on any atom is -0.394 e. The minimum atomic E-state index is -8.27. The third kappa shape index (κ3) is 3.68. The maximum absolute atomic E-state index is 13.6. The van der Waals surface area contributed by atoms with E-state index in [0.717, 1.165) is 0 Å². The number of aliphatic hydroxyl groups is 2. The van der Waals surface area contributed by atoms with Gasteiger partial charge in [0.25, 0.3) is 0 Å². The van der Waals surface area contributed by atoms with Gasteiger partial charge in [-0.1, -0.05) is 4.48 Å². The van der Waals surface area contributed by atoms with Crippen molar-refractivity contribution in [1.82, 2.24) is 5.12 Å². The normalized spacial score (nSPS) is 15.5. The predicted molar refractivity (Wildman–Crippen MR) is 61.3 cm³/mol. The van der Waals surface area contributed by atoms with Crippen LogP contribution in [0, 0.1) is 0 Å². The van der Waals surface area contributed by atoms with Gasteiger partial charge in [0.15, 0.2) is 0 Å². The monoisotopic (exact) mass is 469 g/mol. The first-order chi connectivity index (χ1) is 12.4. The van der Waals surface area contributed by atoms with E-state index < -0.39 is 65.6 Å². The van der Waals surface area contributed by atoms with Crippen molar-refractivity contribution in [2.75, 3.05) is 13.2 Å². The molecule has 4 nitrogen and oxygen atoms in total. The molecule has 0 aliphatic rings. The number of halogens is 14. The van der Waals surface area contributed by atoms with Crippen LogP contribution in [0.1, 0.15) is 6.92 Å². The van der Waals surface area contributed by atoms with Crippen molar-refractivity contribution < 1.29 is 76.6 Å². The maximum Gasteiger partial charge on any atom is 0.460 e. The lowest BCUT2D eigenvalue weighted by molar-refractivity contribution is -0.437. The molecule has 0 aliphatic carbocycles. The first-order valence-corrected chi connectivity index (χ1v) is 6.62. The third-order valence-corrected chi connectivity index (χ3v) is 3.54. The summed E-state index contributed by atoms with van der Waals surface area (Å²) >= 11 is 0. The van der Waals surface area contributed by atoms with Crippen LogP contribution < -0.4 is 0 Å². The topological polar surface area (TPSA) is 60.8 Å². The molecule has 0 bridgehead atoms. The Kier molecular flexibility index (Phi) is 6.88. The van der Waals surface area contributed by atoms with Crippen LogP contribution in [0.5, 0.6) is 0 Å². The fourth-order valence-corrected chi connectivity index (χ4v) is 1.45. The van der Waals surface area contributed by atoms with E-state index in [2.05, 4.69) is 0 Å². The summed E-state index contributed by atoms with van der Waals surface area (Å²) in [5.74, 6) is -44.0. The number of rotatable bonds is 8. The van der Waals surface area contributed by atoms with Gasteiger partial charge >= 0.3 is 41.7 Å². The zero-order valence-corrected chi connectivity index (χ0v) is 13.5. The van der Waals surface area contributed by atoms with E-state index in [-0.39, 0.29) is 6.92 Å². The molecule has 1 amide bonds. The smallest absolute Gasteiger partial charge is 0.394 e. The molecule has 0 unspecified atom stereocenters. The van der Waals surface area contributed by atoms with Crippen molar-refractivity contribution in [3.05, 3.63) is 0 Å². The van der Waals surface area contributed by atoms with Crippen molar-refractivity contribution in [3.63, 3.8) is 0 Å². The summed E-state index contributed by atoms with van der Waals surface area (Å²) in [6.45, 7) is -3.53. The Morgan fingerprint density at radius 1 is 0.690 bits per heavy atom. The number of nitrogens with zero attached hydrogens (tertiary/aromatic N) is 1. The molecule has 0 aromatic carbocycles. The average molecular weight is 469 g/mol. The Morgan fingerprint density at radius 3 is 1.28 bits per heavy atom. The molecule has 0 aromatic heterocycles. The minimum absolute atomic E-state index is 0.156. The van der Waals surface area contributed by atoms with E-state index in [9.17, 15) is 66.4 Å². The van der Waals surface area contributed by atoms with Gasteiger partial charge in [-0.25, -0.2) is 0 Å². The Balaban J connectivity index is 6.48. The fraction of sp³-hybridized carbons (Fsp3) is 0.909. The summed E-state index contributed by atoms with van der Waals surface area (Å²) in [4.78, 5) is 11.1. The lowest BCUT2D eigenvalue weighted by Gasteiger charge is -2.40. The molecule has 0 saturated carbocycles. The number of hydrogen-bond acceptors (Lipinski definition) is 3. The molecule has 0 rings (SSSR count). The van der Waals surface area contributed by atoms with Gasteiger partial charge in [0.2, 0.25) is 0 Å². The lowest BCUT2D eigenvalue weighted by atomic mass is 9.93. The standard InChI is InChI=1S/C11H9F14NO3/c1-5(2-27,3-28)26(25)4(29)6(12,13)7(14,15)8(16,17)9(18,19)10(20,21)11(22,23)24/h27-28H,2-3H2,1H3. The summed E-state index contributed by atoms with van der Waals surface area (Å²) in [6.07, 6.45) is -7.63. The Morgan fingerprint density at radius 2 is 1.00 bits per heavy atom. The summed E-state index contributed by atoms with van der Waals surface area (Å²) in [5.41, 5.74) is -3.23. The summed E-state index contributed by atoms with van der Waals surface area (Å²) in [6, 6.07) is 0. The van der Waals surface area contributed by atoms with Gasteiger partial charge in [-0.2, -0.15) is 62.2 Å². The molecule has 0 aliphatic heterocycles. The molecule has 0 fully saturated rings. The molecule has 0 radical (unpaired) electrons. The fourth-order valence-electron chi connectivity index (χ4n) is 1.45. The van der Waals surface area contributed by atoms with E-state index in [1.165, 1.54) is 0 Å². The molecule has 29 heavy (non-hydrogen) atoms. The number of aliphatic hydroxyl groups excluding tert-OH is 2. The Labute approximate surface area is 150 Å². The first-order valence-electron chi connectivity index (χ1n) is 6.62. The zero-order chi connectivity index (χ0) is 24.1. The lowest BCUT2D eigenvalue weighted by Crippen LogP contribution is -2.72. The van der Waals surface area contributed by atoms with Gasteiger partial charge < -0.3 is 10.2 Å². The Bertz CT molecular complexity index is 612. The number of hydrogen-bond donors (Lipinski definition) is 2. The highest BCUT2D eigenvalue weighted by molar-refractivity contribution is 5.84. The van der Waals surface area contributed by atoms with Crippen molar-refractivity contribution in [2.24, 2.45) is 0 Å². The van der Waals surface area contributed by atoms with E-state index in [1.54, 1.807) is 0 Å². The second kappa shape index (κ2) is 7.28. The summed E-state index contributed by atoms with van der Waals surface area (Å²) in [5, 5.41) is 15.1. The largest absolute Gasteiger partial charge is 0.460 e. The molecule has 18 heteroatoms. The Hall–Kier alpha value is -1.59. The van der Waals surface area contributed by atoms with E-state index in [1.807, 2.05) is 0 Å². The van der Waals surface area contributed by atoms with Crippen LogP contribution in [-0.4, -0.2) is 75.8 Å². The molecule has 0 saturated heterocycles. The second-order valence-corrected chi connectivity index (χ2v) is 5.77. The van der Waals surface area contributed by atoms with Gasteiger partial charge in [-0.15, -0.1) is 0 Å². The van der Waals surface area contributed by atoms with Gasteiger partial charge in [-0.05, 0) is 6.92 Å². The van der Waals surface area contributed by atoms with Crippen LogP contribution in [0.3, 0.4) is 0 Å². The second-order valence-electron chi connectivity index (χ2n) is 5.77. The molecule has 0 atom stereocenters. The van der Waals surface area contributed by atoms with Crippen LogP contribution in [-0.2, 0) is 4.79 Å². The zero-order valence-electron chi connectivity index (χ0n) is 13.5. The average Bonchev–Trinajstić information content (AvgIpc) is 2.57. The summed E-state index contributed by atoms with van der Waals surface area (Å²) < 4.78 is 181. The van der Waals surface area contributed by atoms with Crippen LogP contribution in [0.15, 0.2) is 0 Å². The molecule has 2 N–H and O–H groups in total. The molecule has 0 aromatic rings. The van der Waals surface area contributed by atoms with Gasteiger partial charge in [0, 0.05) is 0 Å². The van der Waals surface area contributed by atoms with Crippen LogP contribution in [0.2, 0.25) is 0 Å². The highest BCUT2D eigenvalue weighted by Gasteiger charge is 2.92. The van der Waals surface area contributed by atoms with E-state index in [4.69, 9.17) is 10.2 Å². The maximum atomic E-state index is 13.6. The molecule has 174 valence electrons. The van der Waals surface area contributed by atoms with Crippen LogP contribution in [0.25, 0.3) is 0 Å². The van der Waals surface area contributed by atoms with E-state index >= 15 is 0 Å². The van der Waals surface area contributed by atoms with Crippen molar-refractivity contribution in [1.29, 1.82) is 0 Å². The number of carbonyl (C=O) groups is 1. The highest BCUT2D eigenvalue weighted by Crippen LogP contribution is 2.60. The third-order valence-electron chi connectivity index (χ3n) is 3.54. The summed E-state index contributed by atoms with van der Waals surface area (Å²) in [7, 11) is 0. The molecule has 0 heterocycles. The van der Waals surface area contributed by atoms with Crippen LogP contribution >= 0.6 is 0 Å².